The number of rotatable bonds is 3. The summed E-state index contributed by atoms with van der Waals surface area (Å²) in [6, 6.07) is 13.9. The molecular weight excluding hydrogens is 420 g/mol. The Balaban J connectivity index is 1.31. The number of carbonyl (C=O) groups is 2. The van der Waals surface area contributed by atoms with Gasteiger partial charge in [0.1, 0.15) is 11.2 Å². The molecule has 3 heterocycles. The molecule has 0 spiro atoms. The second-order valence-electron chi connectivity index (χ2n) is 8.15. The monoisotopic (exact) mass is 444 g/mol. The number of para-hydroxylation sites is 1. The van der Waals surface area contributed by atoms with Crippen LogP contribution in [0.15, 0.2) is 59.5 Å². The van der Waals surface area contributed by atoms with Crippen LogP contribution in [0.4, 0.5) is 16.2 Å². The summed E-state index contributed by atoms with van der Waals surface area (Å²) in [6.07, 6.45) is 5.82. The Bertz CT molecular complexity index is 1380. The highest BCUT2D eigenvalue weighted by Gasteiger charge is 2.17. The second kappa shape index (κ2) is 8.78. The lowest BCUT2D eigenvalue weighted by atomic mass is 10.2. The van der Waals surface area contributed by atoms with Crippen LogP contribution in [0.5, 0.6) is 0 Å². The molecule has 1 fully saturated rings. The minimum absolute atomic E-state index is 0.101. The average Bonchev–Trinajstić information content (AvgIpc) is 3.06. The Morgan fingerprint density at radius 2 is 1.55 bits per heavy atom. The molecule has 2 aromatic heterocycles. The number of amides is 3. The van der Waals surface area contributed by atoms with Crippen molar-refractivity contribution in [3.05, 3.63) is 70.6 Å². The first-order valence-electron chi connectivity index (χ1n) is 11.1. The van der Waals surface area contributed by atoms with E-state index in [2.05, 4.69) is 20.7 Å². The molecule has 0 bridgehead atoms. The van der Waals surface area contributed by atoms with Crippen LogP contribution in [0.25, 0.3) is 16.6 Å². The highest BCUT2D eigenvalue weighted by Crippen LogP contribution is 2.19. The topological polar surface area (TPSA) is 112 Å². The zero-order chi connectivity index (χ0) is 22.8. The molecule has 0 unspecified atom stereocenters. The van der Waals surface area contributed by atoms with E-state index in [0.717, 1.165) is 38.8 Å². The first-order valence-corrected chi connectivity index (χ1v) is 11.1. The molecule has 1 aliphatic heterocycles. The molecule has 0 saturated carbocycles. The minimum atomic E-state index is -0.391. The van der Waals surface area contributed by atoms with Crippen LogP contribution >= 0.6 is 0 Å². The maximum absolute atomic E-state index is 12.9. The van der Waals surface area contributed by atoms with E-state index in [-0.39, 0.29) is 17.2 Å². The van der Waals surface area contributed by atoms with Gasteiger partial charge < -0.3 is 20.5 Å². The van der Waals surface area contributed by atoms with Gasteiger partial charge >= 0.3 is 6.03 Å². The number of nitrogens with one attached hydrogen (secondary N) is 3. The summed E-state index contributed by atoms with van der Waals surface area (Å²) in [7, 11) is 0. The Labute approximate surface area is 189 Å². The zero-order valence-corrected chi connectivity index (χ0v) is 18.0. The Hall–Kier alpha value is -4.14. The van der Waals surface area contributed by atoms with Gasteiger partial charge in [0.2, 0.25) is 0 Å². The molecule has 5 rings (SSSR count). The lowest BCUT2D eigenvalue weighted by Crippen LogP contribution is -2.35. The van der Waals surface area contributed by atoms with Gasteiger partial charge in [0.05, 0.1) is 17.1 Å². The normalized spacial score (nSPS) is 14.2. The molecule has 0 aliphatic carbocycles. The van der Waals surface area contributed by atoms with E-state index < -0.39 is 5.91 Å². The van der Waals surface area contributed by atoms with Gasteiger partial charge in [0.15, 0.2) is 0 Å². The number of anilines is 2. The van der Waals surface area contributed by atoms with Crippen LogP contribution in [-0.2, 0) is 0 Å². The number of nitrogens with zero attached hydrogens (tertiary/aromatic N) is 3. The van der Waals surface area contributed by atoms with Crippen LogP contribution in [0.2, 0.25) is 0 Å². The van der Waals surface area contributed by atoms with E-state index in [9.17, 15) is 14.4 Å². The summed E-state index contributed by atoms with van der Waals surface area (Å²) in [4.78, 5) is 42.4. The second-order valence-corrected chi connectivity index (χ2v) is 8.15. The van der Waals surface area contributed by atoms with Gasteiger partial charge in [-0.2, -0.15) is 5.10 Å². The van der Waals surface area contributed by atoms with Gasteiger partial charge in [0, 0.05) is 24.5 Å². The fourth-order valence-corrected chi connectivity index (χ4v) is 4.15. The molecule has 9 heteroatoms. The fourth-order valence-electron chi connectivity index (χ4n) is 4.15. The van der Waals surface area contributed by atoms with Crippen LogP contribution in [-0.4, -0.2) is 44.5 Å². The molecule has 4 aromatic rings. The van der Waals surface area contributed by atoms with Gasteiger partial charge in [-0.05, 0) is 49.2 Å². The zero-order valence-electron chi connectivity index (χ0n) is 18.0. The van der Waals surface area contributed by atoms with E-state index in [0.29, 0.717) is 27.9 Å². The number of benzene rings is 2. The molecule has 33 heavy (non-hydrogen) atoms. The van der Waals surface area contributed by atoms with Crippen molar-refractivity contribution in [1.29, 1.82) is 0 Å². The molecule has 2 aromatic carbocycles. The van der Waals surface area contributed by atoms with Crippen molar-refractivity contribution in [3.8, 4) is 0 Å². The predicted octanol–water partition coefficient (Wildman–Crippen LogP) is 3.84. The molecule has 9 nitrogen and oxygen atoms in total. The van der Waals surface area contributed by atoms with E-state index in [1.165, 1.54) is 6.20 Å². The molecule has 1 saturated heterocycles. The summed E-state index contributed by atoms with van der Waals surface area (Å²) in [5.41, 5.74) is 2.16. The van der Waals surface area contributed by atoms with Gasteiger partial charge in [-0.25, -0.2) is 9.31 Å². The van der Waals surface area contributed by atoms with Gasteiger partial charge in [-0.15, -0.1) is 0 Å². The van der Waals surface area contributed by atoms with Gasteiger partial charge in [-0.3, -0.25) is 9.59 Å². The lowest BCUT2D eigenvalue weighted by molar-refractivity contribution is 0.102. The molecular formula is C24H24N6O3. The summed E-state index contributed by atoms with van der Waals surface area (Å²) >= 11 is 0. The predicted molar refractivity (Wildman–Crippen MR) is 127 cm³/mol. The maximum Gasteiger partial charge on any atom is 0.321 e. The standard InChI is InChI=1S/C24H24N6O3/c31-22-18-7-3-4-8-20(18)30-21(28-22)19(15-25-30)23(32)26-16-9-11-17(12-10-16)27-24(33)29-13-5-1-2-6-14-29/h3-4,7-12,15H,1-2,5-6,13-14H2,(H,26,32)(H,27,33)(H,28,31). The minimum Gasteiger partial charge on any atom is -0.325 e. The van der Waals surface area contributed by atoms with Crippen molar-refractivity contribution in [2.45, 2.75) is 25.7 Å². The number of aromatic nitrogens is 3. The van der Waals surface area contributed by atoms with E-state index in [1.807, 2.05) is 11.0 Å². The van der Waals surface area contributed by atoms with E-state index in [1.54, 1.807) is 47.0 Å². The average molecular weight is 444 g/mol. The van der Waals surface area contributed by atoms with Crippen LogP contribution in [0.3, 0.4) is 0 Å². The molecule has 0 radical (unpaired) electrons. The molecule has 1 aliphatic rings. The van der Waals surface area contributed by atoms with Crippen molar-refractivity contribution < 1.29 is 9.59 Å². The maximum atomic E-state index is 12.9. The first kappa shape index (κ1) is 20.7. The number of likely N-dealkylation sites (tertiary alicyclic amines) is 1. The summed E-state index contributed by atoms with van der Waals surface area (Å²) in [5.74, 6) is -0.391. The Morgan fingerprint density at radius 3 is 2.27 bits per heavy atom. The van der Waals surface area contributed by atoms with Crippen molar-refractivity contribution in [2.24, 2.45) is 0 Å². The summed E-state index contributed by atoms with van der Waals surface area (Å²) in [5, 5.41) is 10.5. The Kier molecular flexibility index (Phi) is 5.52. The van der Waals surface area contributed by atoms with Gasteiger partial charge in [-0.1, -0.05) is 25.0 Å². The quantitative estimate of drug-likeness (QED) is 0.446. The summed E-state index contributed by atoms with van der Waals surface area (Å²) in [6.45, 7) is 1.55. The number of aromatic amines is 1. The molecule has 0 atom stereocenters. The molecule has 3 N–H and O–H groups in total. The third kappa shape index (κ3) is 4.17. The lowest BCUT2D eigenvalue weighted by Gasteiger charge is -2.20. The largest absolute Gasteiger partial charge is 0.325 e. The van der Waals surface area contributed by atoms with Crippen molar-refractivity contribution in [2.75, 3.05) is 23.7 Å². The highest BCUT2D eigenvalue weighted by atomic mass is 16.2. The van der Waals surface area contributed by atoms with Crippen LogP contribution < -0.4 is 16.2 Å². The molecule has 168 valence electrons. The summed E-state index contributed by atoms with van der Waals surface area (Å²) < 4.78 is 1.55. The van der Waals surface area contributed by atoms with Crippen LogP contribution in [0, 0.1) is 0 Å². The van der Waals surface area contributed by atoms with Crippen molar-refractivity contribution in [1.82, 2.24) is 19.5 Å². The third-order valence-corrected chi connectivity index (χ3v) is 5.91. The third-order valence-electron chi connectivity index (χ3n) is 5.91. The van der Waals surface area contributed by atoms with Crippen LogP contribution in [0.1, 0.15) is 36.0 Å². The van der Waals surface area contributed by atoms with E-state index in [4.69, 9.17) is 0 Å². The highest BCUT2D eigenvalue weighted by molar-refractivity contribution is 6.08. The fraction of sp³-hybridized carbons (Fsp3) is 0.250. The number of hydrogen-bond acceptors (Lipinski definition) is 4. The van der Waals surface area contributed by atoms with Gasteiger partial charge in [0.25, 0.3) is 11.5 Å². The number of fused-ring (bicyclic) bond motifs is 3. The number of H-pyrrole nitrogens is 1. The Morgan fingerprint density at radius 1 is 0.879 bits per heavy atom. The number of carbonyl (C=O) groups excluding carboxylic acids is 2. The van der Waals surface area contributed by atoms with Crippen molar-refractivity contribution >= 4 is 39.9 Å². The van der Waals surface area contributed by atoms with E-state index >= 15 is 0 Å². The molecule has 3 amide bonds. The number of hydrogen-bond donors (Lipinski definition) is 3. The first-order chi connectivity index (χ1) is 16.1. The number of urea groups is 1. The smallest absolute Gasteiger partial charge is 0.321 e. The SMILES string of the molecule is O=C(Nc1ccc(NC(=O)N2CCCCCC2)cc1)c1cnn2c1[nH]c(=O)c1ccccc12. The van der Waals surface area contributed by atoms with Crippen molar-refractivity contribution in [3.63, 3.8) is 0 Å².